The third kappa shape index (κ3) is 4.35. The Labute approximate surface area is 174 Å². The normalized spacial score (nSPS) is 10.2. The molecule has 0 saturated carbocycles. The molecule has 0 aliphatic carbocycles. The number of hydrogen-bond acceptors (Lipinski definition) is 6. The van der Waals surface area contributed by atoms with E-state index in [-0.39, 0.29) is 0 Å². The first-order valence-electron chi connectivity index (χ1n) is 9.48. The van der Waals surface area contributed by atoms with Crippen molar-refractivity contribution in [1.82, 2.24) is 9.97 Å². The van der Waals surface area contributed by atoms with E-state index in [4.69, 9.17) is 20.5 Å². The molecule has 0 atom stereocenters. The van der Waals surface area contributed by atoms with Crippen LogP contribution < -0.4 is 10.6 Å². The fourth-order valence-electron chi connectivity index (χ4n) is 3.04. The van der Waals surface area contributed by atoms with Gasteiger partial charge in [0.05, 0.1) is 36.0 Å². The monoisotopic (exact) mass is 390 g/mol. The van der Waals surface area contributed by atoms with Gasteiger partial charge in [-0.05, 0) is 47.5 Å². The van der Waals surface area contributed by atoms with Crippen molar-refractivity contribution in [2.24, 2.45) is 0 Å². The predicted molar refractivity (Wildman–Crippen MR) is 118 cm³/mol. The van der Waals surface area contributed by atoms with Crippen LogP contribution in [-0.2, 0) is 12.8 Å². The van der Waals surface area contributed by atoms with Gasteiger partial charge in [0.15, 0.2) is 11.6 Å². The van der Waals surface area contributed by atoms with Crippen LogP contribution >= 0.6 is 0 Å². The Morgan fingerprint density at radius 2 is 1.00 bits per heavy atom. The van der Waals surface area contributed by atoms with Crippen molar-refractivity contribution >= 4 is 34.0 Å². The van der Waals surface area contributed by atoms with Crippen molar-refractivity contribution in [3.8, 4) is 12.1 Å². The Bertz CT molecular complexity index is 1150. The summed E-state index contributed by atoms with van der Waals surface area (Å²) in [7, 11) is 0. The number of hydrogen-bond donors (Lipinski definition) is 2. The summed E-state index contributed by atoms with van der Waals surface area (Å²) in [5, 5.41) is 24.3. The van der Waals surface area contributed by atoms with Gasteiger partial charge in [-0.2, -0.15) is 10.5 Å². The molecule has 0 aliphatic heterocycles. The summed E-state index contributed by atoms with van der Waals surface area (Å²) < 4.78 is 0. The van der Waals surface area contributed by atoms with Crippen LogP contribution in [0, 0.1) is 22.7 Å². The number of aromatic nitrogens is 2. The van der Waals surface area contributed by atoms with Crippen LogP contribution in [0.1, 0.15) is 11.1 Å². The smallest absolute Gasteiger partial charge is 0.174 e. The molecule has 0 spiro atoms. The Morgan fingerprint density at radius 1 is 0.600 bits per heavy atom. The number of benzene rings is 3. The first-order chi connectivity index (χ1) is 14.7. The van der Waals surface area contributed by atoms with Gasteiger partial charge in [-0.15, -0.1) is 0 Å². The lowest BCUT2D eigenvalue weighted by atomic mass is 10.1. The summed E-state index contributed by atoms with van der Waals surface area (Å²) in [6.07, 6.45) is 0.759. The van der Waals surface area contributed by atoms with Gasteiger partial charge < -0.3 is 10.6 Å². The molecule has 4 rings (SSSR count). The van der Waals surface area contributed by atoms with E-state index in [9.17, 15) is 0 Å². The molecule has 0 saturated heterocycles. The van der Waals surface area contributed by atoms with Crippen LogP contribution in [0.3, 0.4) is 0 Å². The molecule has 0 bridgehead atoms. The van der Waals surface area contributed by atoms with Gasteiger partial charge in [0.25, 0.3) is 0 Å². The van der Waals surface area contributed by atoms with Crippen molar-refractivity contribution in [2.75, 3.05) is 10.6 Å². The van der Waals surface area contributed by atoms with Crippen LogP contribution in [0.4, 0.5) is 23.0 Å². The number of nitriles is 2. The molecule has 1 heterocycles. The molecule has 4 aromatic rings. The molecule has 0 unspecified atom stereocenters. The SMILES string of the molecule is N#CCc1ccc(Nc2nc3ccccc3nc2Nc2ccc(CC#N)cc2)cc1. The molecule has 2 N–H and O–H groups in total. The molecule has 6 heteroatoms. The molecule has 30 heavy (non-hydrogen) atoms. The molecule has 6 nitrogen and oxygen atoms in total. The predicted octanol–water partition coefficient (Wildman–Crippen LogP) is 5.25. The second-order valence-corrected chi connectivity index (χ2v) is 6.72. The van der Waals surface area contributed by atoms with E-state index in [0.29, 0.717) is 24.5 Å². The molecule has 144 valence electrons. The summed E-state index contributed by atoms with van der Waals surface area (Å²) in [6, 6.07) is 27.4. The second kappa shape index (κ2) is 8.72. The van der Waals surface area contributed by atoms with Gasteiger partial charge in [0.1, 0.15) is 0 Å². The molecule has 1 aromatic heterocycles. The number of para-hydroxylation sites is 2. The van der Waals surface area contributed by atoms with Gasteiger partial charge in [-0.1, -0.05) is 36.4 Å². The highest BCUT2D eigenvalue weighted by Gasteiger charge is 2.10. The number of fused-ring (bicyclic) bond motifs is 1. The van der Waals surface area contributed by atoms with Gasteiger partial charge in [-0.3, -0.25) is 0 Å². The van der Waals surface area contributed by atoms with E-state index >= 15 is 0 Å². The van der Waals surface area contributed by atoms with Crippen LogP contribution in [-0.4, -0.2) is 9.97 Å². The molecule has 0 amide bonds. The minimum absolute atomic E-state index is 0.380. The Kier molecular flexibility index (Phi) is 5.50. The van der Waals surface area contributed by atoms with Gasteiger partial charge in [-0.25, -0.2) is 9.97 Å². The zero-order valence-corrected chi connectivity index (χ0v) is 16.1. The first-order valence-corrected chi connectivity index (χ1v) is 9.48. The lowest BCUT2D eigenvalue weighted by Crippen LogP contribution is -2.03. The van der Waals surface area contributed by atoms with E-state index in [0.717, 1.165) is 33.5 Å². The standard InChI is InChI=1S/C24H18N6/c25-15-13-17-5-9-19(10-6-17)27-23-24(30-22-4-2-1-3-21(22)29-23)28-20-11-7-18(8-12-20)14-16-26/h1-12H,13-14H2,(H,27,29)(H,28,30). The maximum absolute atomic E-state index is 8.84. The van der Waals surface area contributed by atoms with E-state index < -0.39 is 0 Å². The lowest BCUT2D eigenvalue weighted by molar-refractivity contribution is 1.24. The average Bonchev–Trinajstić information content (AvgIpc) is 2.77. The number of nitrogens with zero attached hydrogens (tertiary/aromatic N) is 4. The van der Waals surface area contributed by atoms with Gasteiger partial charge in [0.2, 0.25) is 0 Å². The van der Waals surface area contributed by atoms with Crippen LogP contribution in [0.2, 0.25) is 0 Å². The minimum atomic E-state index is 0.380. The van der Waals surface area contributed by atoms with E-state index in [1.165, 1.54) is 0 Å². The number of anilines is 4. The molecular weight excluding hydrogens is 372 g/mol. The van der Waals surface area contributed by atoms with Gasteiger partial charge >= 0.3 is 0 Å². The van der Waals surface area contributed by atoms with E-state index in [1.807, 2.05) is 72.8 Å². The lowest BCUT2D eigenvalue weighted by Gasteiger charge is -2.14. The van der Waals surface area contributed by atoms with Crippen molar-refractivity contribution in [1.29, 1.82) is 10.5 Å². The molecule has 0 aliphatic rings. The average molecular weight is 390 g/mol. The summed E-state index contributed by atoms with van der Waals surface area (Å²) in [6.45, 7) is 0. The highest BCUT2D eigenvalue weighted by molar-refractivity contribution is 5.83. The second-order valence-electron chi connectivity index (χ2n) is 6.72. The van der Waals surface area contributed by atoms with Crippen LogP contribution in [0.25, 0.3) is 11.0 Å². The maximum atomic E-state index is 8.84. The molecule has 0 radical (unpaired) electrons. The van der Waals surface area contributed by atoms with Crippen LogP contribution in [0.15, 0.2) is 72.8 Å². The quantitative estimate of drug-likeness (QED) is 0.467. The topological polar surface area (TPSA) is 97.4 Å². The zero-order chi connectivity index (χ0) is 20.8. The van der Waals surface area contributed by atoms with Crippen LogP contribution in [0.5, 0.6) is 0 Å². The van der Waals surface area contributed by atoms with Gasteiger partial charge in [0, 0.05) is 11.4 Å². The fourth-order valence-corrected chi connectivity index (χ4v) is 3.04. The fraction of sp³-hybridized carbons (Fsp3) is 0.0833. The zero-order valence-electron chi connectivity index (χ0n) is 16.1. The summed E-state index contributed by atoms with van der Waals surface area (Å²) in [4.78, 5) is 9.48. The first kappa shape index (κ1) is 18.9. The summed E-state index contributed by atoms with van der Waals surface area (Å²) in [5.74, 6) is 1.20. The van der Waals surface area contributed by atoms with Crippen molar-refractivity contribution in [3.05, 3.63) is 83.9 Å². The number of nitrogens with one attached hydrogen (secondary N) is 2. The highest BCUT2D eigenvalue weighted by Crippen LogP contribution is 2.28. The molecule has 0 fully saturated rings. The maximum Gasteiger partial charge on any atom is 0.174 e. The third-order valence-electron chi connectivity index (χ3n) is 4.57. The summed E-state index contributed by atoms with van der Waals surface area (Å²) in [5.41, 5.74) is 5.21. The van der Waals surface area contributed by atoms with Crippen molar-refractivity contribution < 1.29 is 0 Å². The third-order valence-corrected chi connectivity index (χ3v) is 4.57. The number of rotatable bonds is 6. The Hall–Kier alpha value is -4.42. The minimum Gasteiger partial charge on any atom is -0.337 e. The van der Waals surface area contributed by atoms with E-state index in [1.54, 1.807) is 0 Å². The highest BCUT2D eigenvalue weighted by atomic mass is 15.1. The Balaban J connectivity index is 1.66. The Morgan fingerprint density at radius 3 is 1.37 bits per heavy atom. The molecule has 3 aromatic carbocycles. The van der Waals surface area contributed by atoms with E-state index in [2.05, 4.69) is 22.8 Å². The molecular formula is C24H18N6. The summed E-state index contributed by atoms with van der Waals surface area (Å²) >= 11 is 0. The van der Waals surface area contributed by atoms with Crippen molar-refractivity contribution in [3.63, 3.8) is 0 Å². The largest absolute Gasteiger partial charge is 0.337 e. The van der Waals surface area contributed by atoms with Crippen molar-refractivity contribution in [2.45, 2.75) is 12.8 Å².